The first-order chi connectivity index (χ1) is 8.58. The second-order valence-electron chi connectivity index (χ2n) is 3.80. The third-order valence-corrected chi connectivity index (χ3v) is 4.43. The van der Waals surface area contributed by atoms with Crippen molar-refractivity contribution in [3.8, 4) is 0 Å². The van der Waals surface area contributed by atoms with Gasteiger partial charge in [0, 0.05) is 21.7 Å². The molecule has 1 atom stereocenters. The molecule has 0 radical (unpaired) electrons. The zero-order valence-corrected chi connectivity index (χ0v) is 13.1. The zero-order valence-electron chi connectivity index (χ0n) is 9.21. The number of alkyl halides is 1. The molecule has 0 amide bonds. The van der Waals surface area contributed by atoms with Crippen LogP contribution >= 0.6 is 43.5 Å². The van der Waals surface area contributed by atoms with Crippen molar-refractivity contribution in [2.45, 2.75) is 11.2 Å². The van der Waals surface area contributed by atoms with Crippen LogP contribution in [0.1, 0.15) is 16.0 Å². The smallest absolute Gasteiger partial charge is 0.123 e. The fourth-order valence-corrected chi connectivity index (χ4v) is 3.38. The summed E-state index contributed by atoms with van der Waals surface area (Å²) in [6, 6.07) is 6.50. The molecule has 0 N–H and O–H groups in total. The summed E-state index contributed by atoms with van der Waals surface area (Å²) < 4.78 is 14.1. The van der Waals surface area contributed by atoms with Crippen LogP contribution in [-0.4, -0.2) is 4.98 Å². The Morgan fingerprint density at radius 1 is 1.33 bits per heavy atom. The Morgan fingerprint density at radius 3 is 2.83 bits per heavy atom. The van der Waals surface area contributed by atoms with Crippen LogP contribution in [-0.2, 0) is 6.42 Å². The average Bonchev–Trinajstić information content (AvgIpc) is 2.35. The third-order valence-electron chi connectivity index (χ3n) is 2.55. The van der Waals surface area contributed by atoms with Crippen molar-refractivity contribution in [3.05, 3.63) is 63.1 Å². The van der Waals surface area contributed by atoms with Gasteiger partial charge in [-0.3, -0.25) is 4.98 Å². The van der Waals surface area contributed by atoms with E-state index in [0.717, 1.165) is 15.6 Å². The Kier molecular flexibility index (Phi) is 4.76. The van der Waals surface area contributed by atoms with E-state index in [4.69, 9.17) is 11.6 Å². The summed E-state index contributed by atoms with van der Waals surface area (Å²) in [5.74, 6) is -0.251. The SMILES string of the molecule is Fc1ccc(Br)c(C(Br)Cc2ccncc2Cl)c1. The van der Waals surface area contributed by atoms with Crippen LogP contribution in [0.15, 0.2) is 41.1 Å². The first kappa shape index (κ1) is 14.0. The Hall–Kier alpha value is -0.450. The molecule has 1 unspecified atom stereocenters. The molecule has 0 aliphatic heterocycles. The number of hydrogen-bond donors (Lipinski definition) is 0. The van der Waals surface area contributed by atoms with Crippen LogP contribution in [0.4, 0.5) is 4.39 Å². The highest BCUT2D eigenvalue weighted by Crippen LogP contribution is 2.34. The molecule has 0 saturated carbocycles. The van der Waals surface area contributed by atoms with E-state index < -0.39 is 0 Å². The van der Waals surface area contributed by atoms with Crippen LogP contribution in [0.5, 0.6) is 0 Å². The van der Waals surface area contributed by atoms with Crippen LogP contribution in [0.2, 0.25) is 5.02 Å². The van der Waals surface area contributed by atoms with Gasteiger partial charge < -0.3 is 0 Å². The van der Waals surface area contributed by atoms with Gasteiger partial charge in [0.25, 0.3) is 0 Å². The van der Waals surface area contributed by atoms with Crippen LogP contribution in [0, 0.1) is 5.82 Å². The monoisotopic (exact) mass is 391 g/mol. The molecule has 0 fully saturated rings. The Morgan fingerprint density at radius 2 is 2.11 bits per heavy atom. The first-order valence-corrected chi connectivity index (χ1v) is 7.34. The van der Waals surface area contributed by atoms with Crippen LogP contribution < -0.4 is 0 Å². The highest BCUT2D eigenvalue weighted by atomic mass is 79.9. The van der Waals surface area contributed by atoms with Crippen LogP contribution in [0.3, 0.4) is 0 Å². The molecule has 2 rings (SSSR count). The maximum atomic E-state index is 13.2. The summed E-state index contributed by atoms with van der Waals surface area (Å²) in [7, 11) is 0. The van der Waals surface area contributed by atoms with Gasteiger partial charge in [-0.05, 0) is 41.8 Å². The van der Waals surface area contributed by atoms with E-state index >= 15 is 0 Å². The molecule has 1 aromatic heterocycles. The quantitative estimate of drug-likeness (QED) is 0.644. The van der Waals surface area contributed by atoms with Crippen molar-refractivity contribution >= 4 is 43.5 Å². The lowest BCUT2D eigenvalue weighted by atomic mass is 10.1. The Bertz CT molecular complexity index is 562. The molecule has 0 bridgehead atoms. The van der Waals surface area contributed by atoms with E-state index in [9.17, 15) is 4.39 Å². The summed E-state index contributed by atoms with van der Waals surface area (Å²) in [6.45, 7) is 0. The summed E-state index contributed by atoms with van der Waals surface area (Å²) >= 11 is 13.0. The summed E-state index contributed by atoms with van der Waals surface area (Å²) in [6.07, 6.45) is 3.97. The van der Waals surface area contributed by atoms with Gasteiger partial charge in [-0.15, -0.1) is 0 Å². The standard InChI is InChI=1S/C13H9Br2ClFN/c14-11-2-1-9(17)6-10(11)12(15)5-8-3-4-18-7-13(8)16/h1-4,6-7,12H,5H2. The topological polar surface area (TPSA) is 12.9 Å². The van der Waals surface area contributed by atoms with Gasteiger partial charge >= 0.3 is 0 Å². The molecular formula is C13H9Br2ClFN. The summed E-state index contributed by atoms with van der Waals surface area (Å²) in [5.41, 5.74) is 1.84. The van der Waals surface area contributed by atoms with E-state index in [1.165, 1.54) is 12.1 Å². The highest BCUT2D eigenvalue weighted by Gasteiger charge is 2.14. The van der Waals surface area contributed by atoms with Gasteiger partial charge in [0.15, 0.2) is 0 Å². The largest absolute Gasteiger partial charge is 0.263 e. The number of benzene rings is 1. The molecule has 2 aromatic rings. The normalized spacial score (nSPS) is 12.4. The number of pyridine rings is 1. The highest BCUT2D eigenvalue weighted by molar-refractivity contribution is 9.11. The fourth-order valence-electron chi connectivity index (χ4n) is 1.63. The molecule has 1 heterocycles. The molecule has 1 aromatic carbocycles. The first-order valence-electron chi connectivity index (χ1n) is 5.25. The lowest BCUT2D eigenvalue weighted by Gasteiger charge is -2.13. The van der Waals surface area contributed by atoms with Crippen molar-refractivity contribution in [1.82, 2.24) is 4.98 Å². The maximum Gasteiger partial charge on any atom is 0.123 e. The number of rotatable bonds is 3. The minimum Gasteiger partial charge on any atom is -0.263 e. The predicted octanol–water partition coefficient (Wildman–Crippen LogP) is 5.32. The van der Waals surface area contributed by atoms with E-state index in [0.29, 0.717) is 11.4 Å². The lowest BCUT2D eigenvalue weighted by Crippen LogP contribution is -1.98. The van der Waals surface area contributed by atoms with Crippen molar-refractivity contribution < 1.29 is 4.39 Å². The molecule has 0 spiro atoms. The van der Waals surface area contributed by atoms with Crippen molar-refractivity contribution in [2.24, 2.45) is 0 Å². The minimum absolute atomic E-state index is 0.0116. The second kappa shape index (κ2) is 6.13. The number of hydrogen-bond acceptors (Lipinski definition) is 1. The molecule has 0 aliphatic rings. The molecule has 1 nitrogen and oxygen atoms in total. The second-order valence-corrected chi connectivity index (χ2v) is 6.17. The summed E-state index contributed by atoms with van der Waals surface area (Å²) in [4.78, 5) is 3.93. The molecule has 5 heteroatoms. The van der Waals surface area contributed by atoms with Crippen molar-refractivity contribution in [1.29, 1.82) is 0 Å². The molecular weight excluding hydrogens is 384 g/mol. The zero-order chi connectivity index (χ0) is 13.1. The molecule has 0 aliphatic carbocycles. The van der Waals surface area contributed by atoms with Gasteiger partial charge in [-0.2, -0.15) is 0 Å². The number of aromatic nitrogens is 1. The van der Waals surface area contributed by atoms with Gasteiger partial charge in [0.05, 0.1) is 5.02 Å². The molecule has 0 saturated heterocycles. The van der Waals surface area contributed by atoms with Gasteiger partial charge in [0.2, 0.25) is 0 Å². The van der Waals surface area contributed by atoms with Gasteiger partial charge in [-0.25, -0.2) is 4.39 Å². The van der Waals surface area contributed by atoms with E-state index in [1.807, 2.05) is 6.07 Å². The Balaban J connectivity index is 2.25. The lowest BCUT2D eigenvalue weighted by molar-refractivity contribution is 0.624. The third kappa shape index (κ3) is 3.31. The molecule has 94 valence electrons. The number of nitrogens with zero attached hydrogens (tertiary/aromatic N) is 1. The van der Waals surface area contributed by atoms with E-state index in [-0.39, 0.29) is 10.6 Å². The maximum absolute atomic E-state index is 13.2. The Labute approximate surface area is 127 Å². The summed E-state index contributed by atoms with van der Waals surface area (Å²) in [5, 5.41) is 0.620. The van der Waals surface area contributed by atoms with Crippen LogP contribution in [0.25, 0.3) is 0 Å². The van der Waals surface area contributed by atoms with Gasteiger partial charge in [-0.1, -0.05) is 43.5 Å². The molecule has 18 heavy (non-hydrogen) atoms. The minimum atomic E-state index is -0.251. The fraction of sp³-hybridized carbons (Fsp3) is 0.154. The van der Waals surface area contributed by atoms with E-state index in [2.05, 4.69) is 36.8 Å². The van der Waals surface area contributed by atoms with Crippen molar-refractivity contribution in [3.63, 3.8) is 0 Å². The predicted molar refractivity (Wildman–Crippen MR) is 78.7 cm³/mol. The van der Waals surface area contributed by atoms with Gasteiger partial charge in [0.1, 0.15) is 5.82 Å². The van der Waals surface area contributed by atoms with Crippen molar-refractivity contribution in [2.75, 3.05) is 0 Å². The number of halogens is 4. The van der Waals surface area contributed by atoms with E-state index in [1.54, 1.807) is 18.5 Å². The average molecular weight is 393 g/mol.